The number of carboxylic acid groups (broad SMARTS) is 1. The summed E-state index contributed by atoms with van der Waals surface area (Å²) < 4.78 is 42.7. The Morgan fingerprint density at radius 2 is 1.97 bits per heavy atom. The lowest BCUT2D eigenvalue weighted by atomic mass is 10.2. The topological polar surface area (TPSA) is 93.5 Å². The average molecular weight is 425 g/mol. The number of rotatable bonds is 7. The zero-order chi connectivity index (χ0) is 21.0. The predicted molar refractivity (Wildman–Crippen MR) is 97.5 cm³/mol. The first-order valence-corrected chi connectivity index (χ1v) is 9.06. The van der Waals surface area contributed by atoms with Crippen LogP contribution in [0.1, 0.15) is 16.1 Å². The average Bonchev–Trinajstić information content (AvgIpc) is 3.28. The summed E-state index contributed by atoms with van der Waals surface area (Å²) in [6.45, 7) is -0.479. The number of aromatic nitrogens is 2. The Balaban J connectivity index is 1.77. The standard InChI is InChI=1S/C18H14F3N3O4S/c19-18(20,21)28-14-5-2-1-4-12(14)17(27)22-9-11-8-13(15-6-3-7-29-15)24(23-11)10-16(25)26/h1-8H,9-10H2,(H,22,27)(H,25,26). The molecule has 2 N–H and O–H groups in total. The van der Waals surface area contributed by atoms with Gasteiger partial charge in [0.2, 0.25) is 0 Å². The number of nitrogens with zero attached hydrogens (tertiary/aromatic N) is 2. The lowest BCUT2D eigenvalue weighted by Crippen LogP contribution is -2.25. The van der Waals surface area contributed by atoms with Crippen LogP contribution in [0.5, 0.6) is 5.75 Å². The molecule has 2 heterocycles. The van der Waals surface area contributed by atoms with E-state index >= 15 is 0 Å². The number of ether oxygens (including phenoxy) is 1. The third-order valence-corrected chi connectivity index (χ3v) is 4.57. The molecule has 0 atom stereocenters. The van der Waals surface area contributed by atoms with Crippen molar-refractivity contribution in [1.29, 1.82) is 0 Å². The van der Waals surface area contributed by atoms with Gasteiger partial charge in [-0.1, -0.05) is 18.2 Å². The SMILES string of the molecule is O=C(O)Cn1nc(CNC(=O)c2ccccc2OC(F)(F)F)cc1-c1cccs1. The van der Waals surface area contributed by atoms with Gasteiger partial charge in [0.25, 0.3) is 5.91 Å². The van der Waals surface area contributed by atoms with Crippen LogP contribution in [0.25, 0.3) is 10.6 Å². The van der Waals surface area contributed by atoms with Gasteiger partial charge in [0.15, 0.2) is 0 Å². The number of halogens is 3. The molecule has 0 radical (unpaired) electrons. The van der Waals surface area contributed by atoms with Gasteiger partial charge >= 0.3 is 12.3 Å². The number of alkyl halides is 3. The fourth-order valence-electron chi connectivity index (χ4n) is 2.56. The van der Waals surface area contributed by atoms with E-state index in [1.807, 2.05) is 5.38 Å². The smallest absolute Gasteiger partial charge is 0.480 e. The highest BCUT2D eigenvalue weighted by atomic mass is 32.1. The molecule has 3 aromatic rings. The van der Waals surface area contributed by atoms with Crippen LogP contribution in [0, 0.1) is 0 Å². The lowest BCUT2D eigenvalue weighted by molar-refractivity contribution is -0.274. The molecule has 0 saturated heterocycles. The van der Waals surface area contributed by atoms with Crippen molar-refractivity contribution in [1.82, 2.24) is 15.1 Å². The number of para-hydroxylation sites is 1. The largest absolute Gasteiger partial charge is 0.573 e. The Labute approximate surface area is 166 Å². The molecule has 152 valence electrons. The summed E-state index contributed by atoms with van der Waals surface area (Å²) in [5.74, 6) is -2.48. The third kappa shape index (κ3) is 5.35. The third-order valence-electron chi connectivity index (χ3n) is 3.68. The van der Waals surface area contributed by atoms with Gasteiger partial charge in [-0.25, -0.2) is 0 Å². The van der Waals surface area contributed by atoms with Crippen molar-refractivity contribution < 1.29 is 32.6 Å². The van der Waals surface area contributed by atoms with E-state index in [0.29, 0.717) is 11.4 Å². The first-order valence-electron chi connectivity index (χ1n) is 8.18. The van der Waals surface area contributed by atoms with E-state index in [0.717, 1.165) is 10.9 Å². The number of nitrogens with one attached hydrogen (secondary N) is 1. The number of carbonyl (C=O) groups excluding carboxylic acids is 1. The Morgan fingerprint density at radius 3 is 2.62 bits per heavy atom. The van der Waals surface area contributed by atoms with E-state index in [-0.39, 0.29) is 18.7 Å². The van der Waals surface area contributed by atoms with Crippen molar-refractivity contribution in [2.45, 2.75) is 19.5 Å². The molecule has 0 fully saturated rings. The van der Waals surface area contributed by atoms with E-state index < -0.39 is 24.0 Å². The number of carbonyl (C=O) groups is 2. The summed E-state index contributed by atoms with van der Waals surface area (Å²) in [6, 6.07) is 10.2. The molecule has 3 rings (SSSR count). The fraction of sp³-hybridized carbons (Fsp3) is 0.167. The number of carboxylic acids is 1. The molecule has 29 heavy (non-hydrogen) atoms. The van der Waals surface area contributed by atoms with Crippen molar-refractivity contribution in [3.05, 3.63) is 59.1 Å². The van der Waals surface area contributed by atoms with Crippen LogP contribution in [-0.2, 0) is 17.9 Å². The normalized spacial score (nSPS) is 11.3. The molecule has 0 aliphatic carbocycles. The highest BCUT2D eigenvalue weighted by molar-refractivity contribution is 7.13. The summed E-state index contributed by atoms with van der Waals surface area (Å²) in [5.41, 5.74) is 0.637. The van der Waals surface area contributed by atoms with Gasteiger partial charge in [0, 0.05) is 0 Å². The van der Waals surface area contributed by atoms with Gasteiger partial charge in [-0.15, -0.1) is 24.5 Å². The van der Waals surface area contributed by atoms with Crippen LogP contribution in [-0.4, -0.2) is 33.1 Å². The number of aliphatic carboxylic acids is 1. The zero-order valence-corrected chi connectivity index (χ0v) is 15.5. The molecule has 1 aromatic carbocycles. The molecule has 0 saturated carbocycles. The van der Waals surface area contributed by atoms with Crippen molar-refractivity contribution in [2.75, 3.05) is 0 Å². The fourth-order valence-corrected chi connectivity index (χ4v) is 3.31. The highest BCUT2D eigenvalue weighted by Gasteiger charge is 2.32. The van der Waals surface area contributed by atoms with Crippen molar-refractivity contribution in [2.24, 2.45) is 0 Å². The van der Waals surface area contributed by atoms with Crippen LogP contribution >= 0.6 is 11.3 Å². The lowest BCUT2D eigenvalue weighted by Gasteiger charge is -2.12. The van der Waals surface area contributed by atoms with E-state index in [1.54, 1.807) is 18.2 Å². The Bertz CT molecular complexity index is 1020. The Kier molecular flexibility index (Phi) is 5.87. The minimum absolute atomic E-state index is 0.107. The minimum atomic E-state index is -4.93. The van der Waals surface area contributed by atoms with Crippen LogP contribution in [0.15, 0.2) is 47.8 Å². The molecule has 0 spiro atoms. The zero-order valence-electron chi connectivity index (χ0n) is 14.6. The second-order valence-electron chi connectivity index (χ2n) is 5.78. The van der Waals surface area contributed by atoms with E-state index in [1.165, 1.54) is 34.2 Å². The molecule has 1 amide bonds. The van der Waals surface area contributed by atoms with Gasteiger partial charge in [0.1, 0.15) is 12.3 Å². The molecular formula is C18H14F3N3O4S. The molecular weight excluding hydrogens is 411 g/mol. The summed E-state index contributed by atoms with van der Waals surface area (Å²) in [5, 5.41) is 17.5. The predicted octanol–water partition coefficient (Wildman–Crippen LogP) is 3.52. The summed E-state index contributed by atoms with van der Waals surface area (Å²) in [4.78, 5) is 24.2. The number of thiophene rings is 1. The van der Waals surface area contributed by atoms with Crippen LogP contribution in [0.2, 0.25) is 0 Å². The molecule has 0 aliphatic heterocycles. The number of hydrogen-bond donors (Lipinski definition) is 2. The first-order chi connectivity index (χ1) is 13.7. The number of amides is 1. The molecule has 0 bridgehead atoms. The molecule has 7 nitrogen and oxygen atoms in total. The summed E-state index contributed by atoms with van der Waals surface area (Å²) in [7, 11) is 0. The molecule has 0 aliphatic rings. The van der Waals surface area contributed by atoms with Crippen LogP contribution in [0.3, 0.4) is 0 Å². The van der Waals surface area contributed by atoms with E-state index in [9.17, 15) is 22.8 Å². The summed E-state index contributed by atoms with van der Waals surface area (Å²) in [6.07, 6.45) is -4.93. The van der Waals surface area contributed by atoms with Crippen molar-refractivity contribution in [3.8, 4) is 16.3 Å². The maximum absolute atomic E-state index is 12.5. The van der Waals surface area contributed by atoms with Crippen molar-refractivity contribution >= 4 is 23.2 Å². The first kappa shape index (κ1) is 20.4. The monoisotopic (exact) mass is 425 g/mol. The number of benzene rings is 1. The number of hydrogen-bond acceptors (Lipinski definition) is 5. The molecule has 0 unspecified atom stereocenters. The molecule has 11 heteroatoms. The van der Waals surface area contributed by atoms with Crippen LogP contribution in [0.4, 0.5) is 13.2 Å². The minimum Gasteiger partial charge on any atom is -0.480 e. The van der Waals surface area contributed by atoms with Crippen molar-refractivity contribution in [3.63, 3.8) is 0 Å². The van der Waals surface area contributed by atoms with Gasteiger partial charge in [0.05, 0.1) is 28.4 Å². The van der Waals surface area contributed by atoms with Gasteiger partial charge < -0.3 is 15.2 Å². The second kappa shape index (κ2) is 8.35. The quantitative estimate of drug-likeness (QED) is 0.604. The summed E-state index contributed by atoms with van der Waals surface area (Å²) >= 11 is 1.39. The maximum Gasteiger partial charge on any atom is 0.573 e. The van der Waals surface area contributed by atoms with Crippen LogP contribution < -0.4 is 10.1 Å². The Morgan fingerprint density at radius 1 is 1.21 bits per heavy atom. The highest BCUT2D eigenvalue weighted by Crippen LogP contribution is 2.27. The van der Waals surface area contributed by atoms with Gasteiger partial charge in [-0.2, -0.15) is 5.10 Å². The molecule has 2 aromatic heterocycles. The Hall–Kier alpha value is -3.34. The van der Waals surface area contributed by atoms with Gasteiger partial charge in [-0.3, -0.25) is 14.3 Å². The maximum atomic E-state index is 12.5. The second-order valence-corrected chi connectivity index (χ2v) is 6.72. The van der Waals surface area contributed by atoms with E-state index in [4.69, 9.17) is 5.11 Å². The van der Waals surface area contributed by atoms with Gasteiger partial charge in [-0.05, 0) is 29.6 Å². The van der Waals surface area contributed by atoms with E-state index in [2.05, 4.69) is 15.2 Å².